The molecule has 0 radical (unpaired) electrons. The summed E-state index contributed by atoms with van der Waals surface area (Å²) in [7, 11) is 1.70. The lowest BCUT2D eigenvalue weighted by atomic mass is 9.89. The van der Waals surface area contributed by atoms with E-state index in [1.807, 2.05) is 0 Å². The highest BCUT2D eigenvalue weighted by molar-refractivity contribution is 5.85. The molecule has 0 bridgehead atoms. The molecule has 0 aliphatic heterocycles. The first-order valence-corrected chi connectivity index (χ1v) is 12.5. The maximum absolute atomic E-state index is 12.7. The third kappa shape index (κ3) is 5.84. The largest absolute Gasteiger partial charge is 0.370 e. The first-order valence-electron chi connectivity index (χ1n) is 12.5. The summed E-state index contributed by atoms with van der Waals surface area (Å²) in [4.78, 5) is 16.6. The van der Waals surface area contributed by atoms with Crippen molar-refractivity contribution < 1.29 is 4.79 Å². The van der Waals surface area contributed by atoms with E-state index < -0.39 is 0 Å². The van der Waals surface area contributed by atoms with Crippen LogP contribution in [-0.4, -0.2) is 35.6 Å². The van der Waals surface area contributed by atoms with Crippen molar-refractivity contribution in [2.24, 2.45) is 16.6 Å². The molecule has 2 aromatic rings. The highest BCUT2D eigenvalue weighted by Crippen LogP contribution is 2.29. The maximum atomic E-state index is 12.7. The summed E-state index contributed by atoms with van der Waals surface area (Å²) in [5.41, 5.74) is 8.39. The van der Waals surface area contributed by atoms with Crippen LogP contribution in [0.1, 0.15) is 69.8 Å². The zero-order valence-corrected chi connectivity index (χ0v) is 19.5. The number of rotatable bonds is 7. The molecule has 1 aromatic heterocycles. The minimum Gasteiger partial charge on any atom is -0.370 e. The van der Waals surface area contributed by atoms with Gasteiger partial charge in [0.2, 0.25) is 5.91 Å². The van der Waals surface area contributed by atoms with Crippen LogP contribution in [0.25, 0.3) is 10.9 Å². The molecule has 1 aromatic carbocycles. The van der Waals surface area contributed by atoms with Crippen molar-refractivity contribution in [2.45, 2.75) is 89.3 Å². The van der Waals surface area contributed by atoms with Crippen molar-refractivity contribution in [3.63, 3.8) is 0 Å². The lowest BCUT2D eigenvalue weighted by Gasteiger charge is -2.29. The van der Waals surface area contributed by atoms with Gasteiger partial charge in [0.1, 0.15) is 0 Å². The van der Waals surface area contributed by atoms with Crippen LogP contribution < -0.4 is 16.4 Å². The van der Waals surface area contributed by atoms with Gasteiger partial charge >= 0.3 is 0 Å². The molecule has 0 unspecified atom stereocenters. The number of nitrogens with two attached hydrogens (primary N) is 1. The van der Waals surface area contributed by atoms with Crippen LogP contribution in [0, 0.1) is 5.92 Å². The van der Waals surface area contributed by atoms with Crippen molar-refractivity contribution in [1.29, 1.82) is 0 Å². The summed E-state index contributed by atoms with van der Waals surface area (Å²) < 4.78 is 2.44. The van der Waals surface area contributed by atoms with E-state index in [9.17, 15) is 4.79 Å². The van der Waals surface area contributed by atoms with Gasteiger partial charge in [-0.15, -0.1) is 0 Å². The normalized spacial score (nSPS) is 22.7. The molecule has 2 aliphatic carbocycles. The summed E-state index contributed by atoms with van der Waals surface area (Å²) in [6, 6.07) is 9.31. The zero-order chi connectivity index (χ0) is 22.3. The molecule has 32 heavy (non-hydrogen) atoms. The fraction of sp³-hybridized carbons (Fsp3) is 0.615. The number of guanidine groups is 1. The zero-order valence-electron chi connectivity index (χ0n) is 19.5. The molecule has 4 rings (SSSR count). The molecular weight excluding hydrogens is 398 g/mol. The number of para-hydroxylation sites is 1. The van der Waals surface area contributed by atoms with Gasteiger partial charge in [-0.3, -0.25) is 9.79 Å². The number of benzene rings is 1. The second-order valence-electron chi connectivity index (χ2n) is 9.70. The monoisotopic (exact) mass is 437 g/mol. The van der Waals surface area contributed by atoms with Gasteiger partial charge in [0.25, 0.3) is 0 Å². The molecule has 2 saturated carbocycles. The summed E-state index contributed by atoms with van der Waals surface area (Å²) in [5.74, 6) is 1.46. The topological polar surface area (TPSA) is 84.4 Å². The fourth-order valence-corrected chi connectivity index (χ4v) is 5.52. The van der Waals surface area contributed by atoms with Gasteiger partial charge in [-0.05, 0) is 62.5 Å². The number of hydrogen-bond donors (Lipinski definition) is 3. The summed E-state index contributed by atoms with van der Waals surface area (Å²) in [6.07, 6.45) is 14.5. The van der Waals surface area contributed by atoms with Crippen molar-refractivity contribution in [1.82, 2.24) is 15.2 Å². The van der Waals surface area contributed by atoms with E-state index in [1.165, 1.54) is 48.6 Å². The fourth-order valence-electron chi connectivity index (χ4n) is 5.52. The van der Waals surface area contributed by atoms with Crippen LogP contribution in [0.3, 0.4) is 0 Å². The summed E-state index contributed by atoms with van der Waals surface area (Å²) in [5, 5.41) is 7.82. The second-order valence-corrected chi connectivity index (χ2v) is 9.70. The average Bonchev–Trinajstić information content (AvgIpc) is 3.17. The minimum absolute atomic E-state index is 0.167. The number of nitrogens with zero attached hydrogens (tertiary/aromatic N) is 2. The van der Waals surface area contributed by atoms with Gasteiger partial charge < -0.3 is 20.9 Å². The number of carbonyl (C=O) groups is 1. The molecule has 2 fully saturated rings. The number of fused-ring (bicyclic) bond motifs is 1. The van der Waals surface area contributed by atoms with Gasteiger partial charge in [-0.25, -0.2) is 0 Å². The molecule has 2 aliphatic rings. The van der Waals surface area contributed by atoms with Gasteiger partial charge in [0.05, 0.1) is 0 Å². The number of hydrogen-bond acceptors (Lipinski definition) is 2. The Kier molecular flexibility index (Phi) is 7.72. The van der Waals surface area contributed by atoms with Crippen LogP contribution in [0.5, 0.6) is 0 Å². The number of aliphatic imine (C=N–C) groups is 1. The summed E-state index contributed by atoms with van der Waals surface area (Å²) in [6.45, 7) is 1.11. The maximum Gasteiger partial charge on any atom is 0.220 e. The van der Waals surface area contributed by atoms with E-state index in [1.54, 1.807) is 7.05 Å². The Hall–Kier alpha value is -2.50. The molecule has 0 atom stereocenters. The average molecular weight is 438 g/mol. The van der Waals surface area contributed by atoms with Gasteiger partial charge in [-0.1, -0.05) is 37.5 Å². The Labute approximate surface area is 192 Å². The lowest BCUT2D eigenvalue weighted by Crippen LogP contribution is -2.45. The SMILES string of the molecule is CN=C(N)NC1CCC(NC(=O)CCc2cn(CC3CCCCC3)c3ccccc23)CC1. The Morgan fingerprint density at radius 1 is 1.03 bits per heavy atom. The van der Waals surface area contributed by atoms with Gasteiger partial charge in [0.15, 0.2) is 5.96 Å². The molecule has 6 nitrogen and oxygen atoms in total. The quantitative estimate of drug-likeness (QED) is 0.450. The van der Waals surface area contributed by atoms with Crippen LogP contribution in [0.15, 0.2) is 35.5 Å². The smallest absolute Gasteiger partial charge is 0.220 e. The number of carbonyl (C=O) groups excluding carboxylic acids is 1. The number of amides is 1. The predicted molar refractivity (Wildman–Crippen MR) is 132 cm³/mol. The molecule has 1 heterocycles. The van der Waals surface area contributed by atoms with Crippen LogP contribution in [0.2, 0.25) is 0 Å². The van der Waals surface area contributed by atoms with E-state index in [2.05, 4.69) is 50.7 Å². The van der Waals surface area contributed by atoms with E-state index in [0.717, 1.165) is 44.6 Å². The van der Waals surface area contributed by atoms with E-state index in [4.69, 9.17) is 5.73 Å². The van der Waals surface area contributed by atoms with Crippen molar-refractivity contribution in [2.75, 3.05) is 7.05 Å². The highest BCUT2D eigenvalue weighted by atomic mass is 16.1. The molecule has 0 spiro atoms. The second kappa shape index (κ2) is 10.9. The number of aromatic nitrogens is 1. The minimum atomic E-state index is 0.167. The molecule has 0 saturated heterocycles. The predicted octanol–water partition coefficient (Wildman–Crippen LogP) is 4.12. The Bertz CT molecular complexity index is 919. The van der Waals surface area contributed by atoms with Gasteiger partial charge in [-0.2, -0.15) is 0 Å². The summed E-state index contributed by atoms with van der Waals surface area (Å²) >= 11 is 0. The Morgan fingerprint density at radius 2 is 1.72 bits per heavy atom. The Morgan fingerprint density at radius 3 is 2.44 bits per heavy atom. The molecule has 174 valence electrons. The third-order valence-electron chi connectivity index (χ3n) is 7.36. The number of nitrogens with one attached hydrogen (secondary N) is 2. The van der Waals surface area contributed by atoms with Crippen molar-refractivity contribution in [3.05, 3.63) is 36.0 Å². The van der Waals surface area contributed by atoms with Crippen LogP contribution >= 0.6 is 0 Å². The first-order chi connectivity index (χ1) is 15.6. The van der Waals surface area contributed by atoms with E-state index in [0.29, 0.717) is 18.4 Å². The Balaban J connectivity index is 1.30. The van der Waals surface area contributed by atoms with Crippen LogP contribution in [0.4, 0.5) is 0 Å². The highest BCUT2D eigenvalue weighted by Gasteiger charge is 2.23. The number of aryl methyl sites for hydroxylation is 1. The van der Waals surface area contributed by atoms with Crippen LogP contribution in [-0.2, 0) is 17.8 Å². The van der Waals surface area contributed by atoms with Crippen molar-refractivity contribution >= 4 is 22.8 Å². The first kappa shape index (κ1) is 22.7. The van der Waals surface area contributed by atoms with Crippen molar-refractivity contribution in [3.8, 4) is 0 Å². The third-order valence-corrected chi connectivity index (χ3v) is 7.36. The lowest BCUT2D eigenvalue weighted by molar-refractivity contribution is -0.122. The van der Waals surface area contributed by atoms with E-state index >= 15 is 0 Å². The van der Waals surface area contributed by atoms with Gasteiger partial charge in [0, 0.05) is 49.2 Å². The molecular formula is C26H39N5O. The molecule has 6 heteroatoms. The molecule has 1 amide bonds. The van der Waals surface area contributed by atoms with E-state index in [-0.39, 0.29) is 11.9 Å². The standard InChI is InChI=1S/C26H39N5O/c1-28-26(27)30-22-14-12-21(13-15-22)29-25(32)16-11-20-18-31(17-19-7-3-2-4-8-19)24-10-6-5-9-23(20)24/h5-6,9-10,18-19,21-22H,2-4,7-8,11-17H2,1H3,(H,29,32)(H3,27,28,30). The molecule has 4 N–H and O–H groups in total.